The van der Waals surface area contributed by atoms with Gasteiger partial charge in [0.1, 0.15) is 5.60 Å². The minimum Gasteiger partial charge on any atom is -0.444 e. The van der Waals surface area contributed by atoms with Crippen LogP contribution in [0.2, 0.25) is 0 Å². The molecule has 0 radical (unpaired) electrons. The van der Waals surface area contributed by atoms with Crippen LogP contribution in [0.25, 0.3) is 0 Å². The van der Waals surface area contributed by atoms with E-state index in [9.17, 15) is 15.0 Å². The highest BCUT2D eigenvalue weighted by molar-refractivity contribution is 5.69. The smallest absolute Gasteiger partial charge is 0.410 e. The number of ether oxygens (including phenoxy) is 1. The van der Waals surface area contributed by atoms with Crippen molar-refractivity contribution in [3.63, 3.8) is 0 Å². The van der Waals surface area contributed by atoms with Gasteiger partial charge in [-0.15, -0.1) is 0 Å². The molecule has 0 saturated carbocycles. The maximum absolute atomic E-state index is 11.8. The molecule has 0 spiro atoms. The summed E-state index contributed by atoms with van der Waals surface area (Å²) in [6.45, 7) is 7.13. The van der Waals surface area contributed by atoms with Gasteiger partial charge in [-0.1, -0.05) is 0 Å². The fourth-order valence-electron chi connectivity index (χ4n) is 1.84. The first-order valence-electron chi connectivity index (χ1n) is 5.50. The predicted molar refractivity (Wildman–Crippen MR) is 59.1 cm³/mol. The van der Waals surface area contributed by atoms with E-state index >= 15 is 0 Å². The topological polar surface area (TPSA) is 70.0 Å². The molecule has 94 valence electrons. The van der Waals surface area contributed by atoms with Gasteiger partial charge in [0.05, 0.1) is 18.2 Å². The van der Waals surface area contributed by atoms with Crippen LogP contribution >= 0.6 is 0 Å². The normalized spacial score (nSPS) is 30.6. The summed E-state index contributed by atoms with van der Waals surface area (Å²) < 4.78 is 5.21. The van der Waals surface area contributed by atoms with Gasteiger partial charge in [-0.05, 0) is 34.1 Å². The number of carbonyl (C=O) groups excluding carboxylic acids is 1. The second-order valence-electron chi connectivity index (χ2n) is 5.48. The van der Waals surface area contributed by atoms with Gasteiger partial charge in [0, 0.05) is 6.54 Å². The summed E-state index contributed by atoms with van der Waals surface area (Å²) in [7, 11) is 0. The Morgan fingerprint density at radius 3 is 2.56 bits per heavy atom. The van der Waals surface area contributed by atoms with Crippen LogP contribution in [0.3, 0.4) is 0 Å². The third kappa shape index (κ3) is 2.86. The number of carbonyl (C=O) groups is 1. The van der Waals surface area contributed by atoms with Crippen molar-refractivity contribution in [2.24, 2.45) is 0 Å². The van der Waals surface area contributed by atoms with Crippen molar-refractivity contribution in [1.29, 1.82) is 0 Å². The lowest BCUT2D eigenvalue weighted by molar-refractivity contribution is -0.0219. The zero-order chi connectivity index (χ0) is 12.6. The molecule has 1 aliphatic rings. The molecule has 0 aromatic rings. The molecule has 1 rings (SSSR count). The molecule has 2 N–H and O–H groups in total. The van der Waals surface area contributed by atoms with Gasteiger partial charge in [-0.3, -0.25) is 4.90 Å². The van der Waals surface area contributed by atoms with E-state index in [1.807, 2.05) is 0 Å². The first-order valence-corrected chi connectivity index (χ1v) is 5.50. The minimum absolute atomic E-state index is 0.258. The standard InChI is InChI=1S/C11H21NO4/c1-10(2,3)16-9(14)12-6-5-11(4,15)8(12)7-13/h8,13,15H,5-7H2,1-4H3/t8-,11-/m1/s1. The molecule has 5 heteroatoms. The lowest BCUT2D eigenvalue weighted by Crippen LogP contribution is -2.48. The Morgan fingerprint density at radius 2 is 2.12 bits per heavy atom. The maximum Gasteiger partial charge on any atom is 0.410 e. The van der Waals surface area contributed by atoms with Crippen LogP contribution in [0.1, 0.15) is 34.1 Å². The lowest BCUT2D eigenvalue weighted by atomic mass is 9.98. The summed E-state index contributed by atoms with van der Waals surface area (Å²) in [5, 5.41) is 19.2. The Morgan fingerprint density at radius 1 is 1.56 bits per heavy atom. The number of hydrogen-bond donors (Lipinski definition) is 2. The highest BCUT2D eigenvalue weighted by atomic mass is 16.6. The number of hydrogen-bond acceptors (Lipinski definition) is 4. The molecule has 0 aliphatic carbocycles. The summed E-state index contributed by atoms with van der Waals surface area (Å²) in [5.41, 5.74) is -1.60. The summed E-state index contributed by atoms with van der Waals surface area (Å²) in [6.07, 6.45) is -0.0263. The average Bonchev–Trinajstić information content (AvgIpc) is 2.37. The Balaban J connectivity index is 2.71. The van der Waals surface area contributed by atoms with Crippen LogP contribution in [0, 0.1) is 0 Å². The van der Waals surface area contributed by atoms with Crippen molar-refractivity contribution in [3.8, 4) is 0 Å². The van der Waals surface area contributed by atoms with Crippen molar-refractivity contribution < 1.29 is 19.7 Å². The number of amides is 1. The Bertz CT molecular complexity index is 270. The molecule has 1 aliphatic heterocycles. The molecule has 0 unspecified atom stereocenters. The highest BCUT2D eigenvalue weighted by Crippen LogP contribution is 2.29. The van der Waals surface area contributed by atoms with Crippen molar-refractivity contribution >= 4 is 6.09 Å². The van der Waals surface area contributed by atoms with E-state index < -0.39 is 23.3 Å². The van der Waals surface area contributed by atoms with E-state index in [2.05, 4.69) is 0 Å². The Labute approximate surface area is 96.0 Å². The van der Waals surface area contributed by atoms with Gasteiger partial charge in [0.25, 0.3) is 0 Å². The van der Waals surface area contributed by atoms with E-state index in [0.717, 1.165) is 0 Å². The monoisotopic (exact) mass is 231 g/mol. The molecule has 2 atom stereocenters. The molecule has 5 nitrogen and oxygen atoms in total. The fourth-order valence-corrected chi connectivity index (χ4v) is 1.84. The molecule has 16 heavy (non-hydrogen) atoms. The Hall–Kier alpha value is -0.810. The molecule has 1 amide bonds. The van der Waals surface area contributed by atoms with Crippen LogP contribution in [0.15, 0.2) is 0 Å². The highest BCUT2D eigenvalue weighted by Gasteiger charge is 2.45. The first-order chi connectivity index (χ1) is 7.17. The lowest BCUT2D eigenvalue weighted by Gasteiger charge is -2.31. The zero-order valence-electron chi connectivity index (χ0n) is 10.4. The minimum atomic E-state index is -1.04. The van der Waals surface area contributed by atoms with Gasteiger partial charge < -0.3 is 14.9 Å². The summed E-state index contributed by atoms with van der Waals surface area (Å²) in [6, 6.07) is -0.581. The molecule has 0 aromatic carbocycles. The van der Waals surface area contributed by atoms with E-state index in [1.54, 1.807) is 27.7 Å². The molecular weight excluding hydrogens is 210 g/mol. The molecule has 0 aromatic heterocycles. The predicted octanol–water partition coefficient (Wildman–Crippen LogP) is 0.739. The maximum atomic E-state index is 11.8. The molecule has 0 bridgehead atoms. The number of aliphatic hydroxyl groups is 2. The van der Waals surface area contributed by atoms with Gasteiger partial charge >= 0.3 is 6.09 Å². The third-order valence-electron chi connectivity index (χ3n) is 2.75. The van der Waals surface area contributed by atoms with Crippen molar-refractivity contribution in [2.75, 3.05) is 13.2 Å². The van der Waals surface area contributed by atoms with Crippen LogP contribution in [0.5, 0.6) is 0 Å². The summed E-state index contributed by atoms with van der Waals surface area (Å²) in [5.74, 6) is 0. The Kier molecular flexibility index (Phi) is 3.50. The second kappa shape index (κ2) is 4.22. The van der Waals surface area contributed by atoms with Crippen LogP contribution < -0.4 is 0 Å². The van der Waals surface area contributed by atoms with E-state index in [4.69, 9.17) is 4.74 Å². The van der Waals surface area contributed by atoms with Gasteiger partial charge in [0.15, 0.2) is 0 Å². The van der Waals surface area contributed by atoms with E-state index in [-0.39, 0.29) is 6.61 Å². The van der Waals surface area contributed by atoms with Gasteiger partial charge in [-0.2, -0.15) is 0 Å². The van der Waals surface area contributed by atoms with Crippen molar-refractivity contribution in [1.82, 2.24) is 4.90 Å². The SMILES string of the molecule is CC(C)(C)OC(=O)N1CC[C@@](C)(O)[C@H]1CO. The second-order valence-corrected chi connectivity index (χ2v) is 5.48. The van der Waals surface area contributed by atoms with Crippen molar-refractivity contribution in [3.05, 3.63) is 0 Å². The number of rotatable bonds is 1. The third-order valence-corrected chi connectivity index (χ3v) is 2.75. The zero-order valence-corrected chi connectivity index (χ0v) is 10.4. The van der Waals surface area contributed by atoms with Crippen LogP contribution in [-0.4, -0.2) is 51.6 Å². The molecule has 1 fully saturated rings. The van der Waals surface area contributed by atoms with Crippen LogP contribution in [0.4, 0.5) is 4.79 Å². The van der Waals surface area contributed by atoms with E-state index in [0.29, 0.717) is 13.0 Å². The van der Waals surface area contributed by atoms with Gasteiger partial charge in [-0.25, -0.2) is 4.79 Å². The number of nitrogens with zero attached hydrogens (tertiary/aromatic N) is 1. The summed E-state index contributed by atoms with van der Waals surface area (Å²) in [4.78, 5) is 13.2. The fraction of sp³-hybridized carbons (Fsp3) is 0.909. The van der Waals surface area contributed by atoms with Gasteiger partial charge in [0.2, 0.25) is 0 Å². The van der Waals surface area contributed by atoms with Crippen LogP contribution in [-0.2, 0) is 4.74 Å². The summed E-state index contributed by atoms with van der Waals surface area (Å²) >= 11 is 0. The average molecular weight is 231 g/mol. The first kappa shape index (κ1) is 13.3. The van der Waals surface area contributed by atoms with Crippen molar-refractivity contribution in [2.45, 2.75) is 51.4 Å². The molecular formula is C11H21NO4. The number of aliphatic hydroxyl groups excluding tert-OH is 1. The van der Waals surface area contributed by atoms with E-state index in [1.165, 1.54) is 4.90 Å². The largest absolute Gasteiger partial charge is 0.444 e. The molecule has 1 heterocycles. The molecule has 1 saturated heterocycles. The number of likely N-dealkylation sites (tertiary alicyclic amines) is 1. The quantitative estimate of drug-likeness (QED) is 0.698.